The summed E-state index contributed by atoms with van der Waals surface area (Å²) in [5.41, 5.74) is 4.72. The Balaban J connectivity index is 1.73. The lowest BCUT2D eigenvalue weighted by Crippen LogP contribution is -2.38. The van der Waals surface area contributed by atoms with Crippen LogP contribution in [0.25, 0.3) is 0 Å². The minimum Gasteiger partial charge on any atom is -0.329 e. The van der Waals surface area contributed by atoms with Gasteiger partial charge < -0.3 is 5.32 Å². The van der Waals surface area contributed by atoms with Crippen LogP contribution in [0.1, 0.15) is 53.4 Å². The van der Waals surface area contributed by atoms with Crippen LogP contribution in [0, 0.1) is 24.0 Å². The van der Waals surface area contributed by atoms with Crippen LogP contribution in [-0.2, 0) is 9.59 Å². The van der Waals surface area contributed by atoms with Gasteiger partial charge in [-0.2, -0.15) is 0 Å². The van der Waals surface area contributed by atoms with E-state index in [4.69, 9.17) is 0 Å². The van der Waals surface area contributed by atoms with E-state index in [-0.39, 0.29) is 29.7 Å². The third-order valence-electron chi connectivity index (χ3n) is 5.92. The Hall–Kier alpha value is -3.28. The normalized spacial score (nSPS) is 21.6. The first-order valence-electron chi connectivity index (χ1n) is 9.71. The van der Waals surface area contributed by atoms with Gasteiger partial charge in [0.25, 0.3) is 5.69 Å². The molecule has 2 aromatic carbocycles. The molecular formula is C23H22N2O4. The second-order valence-electron chi connectivity index (χ2n) is 7.94. The Morgan fingerprint density at radius 1 is 0.966 bits per heavy atom. The molecule has 0 fully saturated rings. The predicted molar refractivity (Wildman–Crippen MR) is 109 cm³/mol. The molecule has 2 unspecified atom stereocenters. The lowest BCUT2D eigenvalue weighted by molar-refractivity contribution is -0.385. The van der Waals surface area contributed by atoms with Crippen molar-refractivity contribution in [1.29, 1.82) is 0 Å². The van der Waals surface area contributed by atoms with Crippen molar-refractivity contribution in [1.82, 2.24) is 5.32 Å². The average Bonchev–Trinajstić information content (AvgIpc) is 2.67. The van der Waals surface area contributed by atoms with Crippen molar-refractivity contribution in [2.75, 3.05) is 0 Å². The summed E-state index contributed by atoms with van der Waals surface area (Å²) in [6.07, 6.45) is 1.09. The zero-order valence-corrected chi connectivity index (χ0v) is 16.4. The van der Waals surface area contributed by atoms with E-state index in [9.17, 15) is 19.7 Å². The Morgan fingerprint density at radius 3 is 2.34 bits per heavy atom. The maximum Gasteiger partial charge on any atom is 0.272 e. The first kappa shape index (κ1) is 19.1. The van der Waals surface area contributed by atoms with Crippen LogP contribution < -0.4 is 5.32 Å². The maximum absolute atomic E-state index is 13.1. The number of carbonyl (C=O) groups is 2. The molecule has 0 saturated carbocycles. The maximum atomic E-state index is 13.1. The number of hydrogen-bond acceptors (Lipinski definition) is 4. The minimum absolute atomic E-state index is 0.00468. The fraction of sp³-hybridized carbons (Fsp3) is 0.304. The number of Topliss-reactive ketones (excluding diaryl/α,β-unsaturated/α-hetero) is 1. The number of benzene rings is 2. The summed E-state index contributed by atoms with van der Waals surface area (Å²) < 4.78 is 0. The number of nitrogens with zero attached hydrogens (tertiary/aromatic N) is 1. The molecule has 1 heterocycles. The van der Waals surface area contributed by atoms with Crippen LogP contribution in [0.15, 0.2) is 53.7 Å². The molecule has 148 valence electrons. The first-order chi connectivity index (χ1) is 13.8. The first-order valence-corrected chi connectivity index (χ1v) is 9.71. The third-order valence-corrected chi connectivity index (χ3v) is 5.92. The van der Waals surface area contributed by atoms with Crippen LogP contribution in [0.5, 0.6) is 0 Å². The number of hydrogen-bond donors (Lipinski definition) is 1. The fourth-order valence-corrected chi connectivity index (χ4v) is 4.36. The van der Waals surface area contributed by atoms with Gasteiger partial charge in [0.05, 0.1) is 4.92 Å². The molecule has 1 amide bonds. The number of nitro benzene ring substituents is 1. The zero-order valence-electron chi connectivity index (χ0n) is 16.4. The molecule has 0 saturated heterocycles. The highest BCUT2D eigenvalue weighted by Crippen LogP contribution is 2.43. The van der Waals surface area contributed by atoms with E-state index in [0.29, 0.717) is 35.2 Å². The molecule has 2 atom stereocenters. The van der Waals surface area contributed by atoms with Crippen molar-refractivity contribution in [3.63, 3.8) is 0 Å². The number of aryl methyl sites for hydroxylation is 2. The monoisotopic (exact) mass is 390 g/mol. The summed E-state index contributed by atoms with van der Waals surface area (Å²) in [4.78, 5) is 36.4. The minimum atomic E-state index is -0.440. The van der Waals surface area contributed by atoms with E-state index >= 15 is 0 Å². The molecule has 0 spiro atoms. The van der Waals surface area contributed by atoms with Gasteiger partial charge in [-0.3, -0.25) is 19.7 Å². The number of nitro groups is 1. The molecule has 29 heavy (non-hydrogen) atoms. The quantitative estimate of drug-likeness (QED) is 0.628. The van der Waals surface area contributed by atoms with Crippen LogP contribution in [0.4, 0.5) is 5.69 Å². The smallest absolute Gasteiger partial charge is 0.272 e. The van der Waals surface area contributed by atoms with Gasteiger partial charge in [-0.05, 0) is 37.3 Å². The Morgan fingerprint density at radius 2 is 1.66 bits per heavy atom. The fourth-order valence-electron chi connectivity index (χ4n) is 4.36. The molecular weight excluding hydrogens is 368 g/mol. The van der Waals surface area contributed by atoms with Gasteiger partial charge in [0.2, 0.25) is 5.91 Å². The molecule has 2 aliphatic rings. The molecule has 0 radical (unpaired) electrons. The molecule has 1 aliphatic heterocycles. The summed E-state index contributed by atoms with van der Waals surface area (Å²) in [6.45, 7) is 3.70. The average molecular weight is 390 g/mol. The molecule has 6 nitrogen and oxygen atoms in total. The van der Waals surface area contributed by atoms with Crippen molar-refractivity contribution >= 4 is 17.4 Å². The van der Waals surface area contributed by atoms with E-state index in [0.717, 1.165) is 11.1 Å². The van der Waals surface area contributed by atoms with E-state index in [1.54, 1.807) is 19.1 Å². The van der Waals surface area contributed by atoms with Crippen molar-refractivity contribution in [3.05, 3.63) is 86.1 Å². The molecule has 0 bridgehead atoms. The van der Waals surface area contributed by atoms with Gasteiger partial charge >= 0.3 is 0 Å². The van der Waals surface area contributed by atoms with Crippen LogP contribution >= 0.6 is 0 Å². The second-order valence-corrected chi connectivity index (χ2v) is 7.94. The molecule has 2 aromatic rings. The number of allylic oxidation sites excluding steroid dienone is 2. The van der Waals surface area contributed by atoms with Gasteiger partial charge in [-0.1, -0.05) is 42.0 Å². The van der Waals surface area contributed by atoms with Gasteiger partial charge in [0.1, 0.15) is 0 Å². The summed E-state index contributed by atoms with van der Waals surface area (Å²) in [6, 6.07) is 13.1. The number of ketones is 1. The number of nitrogens with one attached hydrogen (secondary N) is 1. The summed E-state index contributed by atoms with van der Waals surface area (Å²) in [5, 5.41) is 14.2. The highest BCUT2D eigenvalue weighted by Gasteiger charge is 2.38. The number of amides is 1. The van der Waals surface area contributed by atoms with Crippen molar-refractivity contribution in [2.45, 2.75) is 44.9 Å². The number of carbonyl (C=O) groups excluding carboxylic acids is 2. The van der Waals surface area contributed by atoms with Gasteiger partial charge in [0.15, 0.2) is 5.78 Å². The Bertz CT molecular complexity index is 1050. The predicted octanol–water partition coefficient (Wildman–Crippen LogP) is 4.22. The van der Waals surface area contributed by atoms with E-state index < -0.39 is 10.8 Å². The van der Waals surface area contributed by atoms with Crippen LogP contribution in [0.2, 0.25) is 0 Å². The van der Waals surface area contributed by atoms with E-state index in [1.165, 1.54) is 6.07 Å². The summed E-state index contributed by atoms with van der Waals surface area (Å²) in [7, 11) is 0. The standard InChI is InChI=1S/C23H22N2O4/c1-13-3-6-15(7-4-13)17-9-19-23(21(26)11-17)18(12-22(27)24-19)16-8-5-14(2)20(10-16)25(28)29/h3-8,10,17-18H,9,11-12H2,1-2H3,(H,24,27). The SMILES string of the molecule is Cc1ccc(C2CC(=O)C3=C(C2)NC(=O)CC3c2ccc(C)c([N+](=O)[O-])c2)cc1. The van der Waals surface area contributed by atoms with E-state index in [1.807, 2.05) is 31.2 Å². The van der Waals surface area contributed by atoms with E-state index in [2.05, 4.69) is 5.32 Å². The summed E-state index contributed by atoms with van der Waals surface area (Å²) in [5.74, 6) is -0.572. The van der Waals surface area contributed by atoms with Crippen LogP contribution in [0.3, 0.4) is 0 Å². The van der Waals surface area contributed by atoms with Gasteiger partial charge in [-0.25, -0.2) is 0 Å². The van der Waals surface area contributed by atoms with Crippen molar-refractivity contribution in [3.8, 4) is 0 Å². The topological polar surface area (TPSA) is 89.3 Å². The zero-order chi connectivity index (χ0) is 20.7. The Kier molecular flexibility index (Phi) is 4.78. The second kappa shape index (κ2) is 7.28. The number of rotatable bonds is 3. The molecule has 1 N–H and O–H groups in total. The third kappa shape index (κ3) is 3.58. The highest BCUT2D eigenvalue weighted by molar-refractivity contribution is 6.02. The summed E-state index contributed by atoms with van der Waals surface area (Å²) >= 11 is 0. The molecule has 0 aromatic heterocycles. The molecule has 1 aliphatic carbocycles. The largest absolute Gasteiger partial charge is 0.329 e. The highest BCUT2D eigenvalue weighted by atomic mass is 16.6. The van der Waals surface area contributed by atoms with Crippen LogP contribution in [-0.4, -0.2) is 16.6 Å². The lowest BCUT2D eigenvalue weighted by atomic mass is 9.73. The van der Waals surface area contributed by atoms with Gasteiger partial charge in [-0.15, -0.1) is 0 Å². The van der Waals surface area contributed by atoms with Gasteiger partial charge in [0, 0.05) is 41.7 Å². The molecule has 4 rings (SSSR count). The molecule has 6 heteroatoms. The lowest BCUT2D eigenvalue weighted by Gasteiger charge is -2.34. The van der Waals surface area contributed by atoms with Crippen molar-refractivity contribution in [2.24, 2.45) is 0 Å². The Labute approximate surface area is 168 Å². The van der Waals surface area contributed by atoms with Crippen molar-refractivity contribution < 1.29 is 14.5 Å².